The molecule has 1 aromatic heterocycles. The number of sulfonamides is 1. The second-order valence-corrected chi connectivity index (χ2v) is 8.59. The summed E-state index contributed by atoms with van der Waals surface area (Å²) in [5.41, 5.74) is 0.972. The molecule has 0 atom stereocenters. The van der Waals surface area contributed by atoms with E-state index in [9.17, 15) is 8.42 Å². The minimum absolute atomic E-state index is 0.0730. The molecule has 8 heteroatoms. The predicted molar refractivity (Wildman–Crippen MR) is 100 cm³/mol. The number of thiazole rings is 1. The van der Waals surface area contributed by atoms with Crippen molar-refractivity contribution in [3.05, 3.63) is 35.3 Å². The number of aromatic nitrogens is 1. The average molecular weight is 382 g/mol. The van der Waals surface area contributed by atoms with Gasteiger partial charge in [-0.1, -0.05) is 13.0 Å². The topological polar surface area (TPSA) is 71.5 Å². The highest BCUT2D eigenvalue weighted by molar-refractivity contribution is 7.89. The molecule has 0 bridgehead atoms. The molecule has 0 amide bonds. The zero-order valence-electron chi connectivity index (χ0n) is 14.4. The van der Waals surface area contributed by atoms with E-state index in [1.54, 1.807) is 29.7 Å². The molecule has 1 fully saturated rings. The summed E-state index contributed by atoms with van der Waals surface area (Å²) in [7, 11) is -2.12. The van der Waals surface area contributed by atoms with Gasteiger partial charge in [0.15, 0.2) is 5.13 Å². The van der Waals surface area contributed by atoms with E-state index in [0.29, 0.717) is 5.75 Å². The van der Waals surface area contributed by atoms with E-state index in [4.69, 9.17) is 4.74 Å². The zero-order valence-corrected chi connectivity index (χ0v) is 16.1. The smallest absolute Gasteiger partial charge is 0.244 e. The van der Waals surface area contributed by atoms with E-state index in [0.717, 1.165) is 43.0 Å². The van der Waals surface area contributed by atoms with Gasteiger partial charge in [-0.3, -0.25) is 0 Å². The lowest BCUT2D eigenvalue weighted by Gasteiger charge is -2.32. The summed E-state index contributed by atoms with van der Waals surface area (Å²) < 4.78 is 33.8. The average Bonchev–Trinajstić information content (AvgIpc) is 3.16. The van der Waals surface area contributed by atoms with Gasteiger partial charge in [-0.05, 0) is 37.0 Å². The van der Waals surface area contributed by atoms with Crippen molar-refractivity contribution in [2.24, 2.45) is 0 Å². The third-order valence-corrected chi connectivity index (χ3v) is 6.81. The molecular weight excluding hydrogens is 358 g/mol. The minimum atomic E-state index is -3.61. The number of aryl methyl sites for hydroxylation is 1. The summed E-state index contributed by atoms with van der Waals surface area (Å²) in [6.07, 6.45) is 4.09. The molecule has 2 aromatic rings. The van der Waals surface area contributed by atoms with Crippen LogP contribution in [0.25, 0.3) is 0 Å². The number of hydrogen-bond acceptors (Lipinski definition) is 6. The molecule has 1 aliphatic rings. The molecule has 0 saturated carbocycles. The molecule has 1 saturated heterocycles. The standard InChI is InChI=1S/C17H23N3O3S2/c1-3-13-4-5-15(23-2)16(12-13)25(21,22)19-14-6-9-20(10-7-14)17-18-8-11-24-17/h4-5,8,11-12,14,19H,3,6-7,9-10H2,1-2H3. The van der Waals surface area contributed by atoms with E-state index in [-0.39, 0.29) is 10.9 Å². The van der Waals surface area contributed by atoms with Crippen molar-refractivity contribution in [2.45, 2.75) is 37.1 Å². The van der Waals surface area contributed by atoms with Gasteiger partial charge in [-0.15, -0.1) is 11.3 Å². The number of anilines is 1. The number of nitrogens with one attached hydrogen (secondary N) is 1. The summed E-state index contributed by atoms with van der Waals surface area (Å²) in [6, 6.07) is 5.24. The lowest BCUT2D eigenvalue weighted by atomic mass is 10.1. The molecule has 3 rings (SSSR count). The Morgan fingerprint density at radius 2 is 2.12 bits per heavy atom. The van der Waals surface area contributed by atoms with Crippen LogP contribution in [0.1, 0.15) is 25.3 Å². The van der Waals surface area contributed by atoms with Gasteiger partial charge >= 0.3 is 0 Å². The van der Waals surface area contributed by atoms with Crippen LogP contribution < -0.4 is 14.4 Å². The van der Waals surface area contributed by atoms with Gasteiger partial charge in [0, 0.05) is 30.7 Å². The molecule has 0 aliphatic carbocycles. The van der Waals surface area contributed by atoms with Crippen molar-refractivity contribution in [1.29, 1.82) is 0 Å². The molecule has 0 unspecified atom stereocenters. The Morgan fingerprint density at radius 1 is 1.36 bits per heavy atom. The first-order valence-corrected chi connectivity index (χ1v) is 10.7. The quantitative estimate of drug-likeness (QED) is 0.833. The van der Waals surface area contributed by atoms with Gasteiger partial charge in [0.05, 0.1) is 7.11 Å². The Morgan fingerprint density at radius 3 is 2.72 bits per heavy atom. The Hall–Kier alpha value is -1.64. The molecular formula is C17H23N3O3S2. The van der Waals surface area contributed by atoms with Crippen molar-refractivity contribution in [3.63, 3.8) is 0 Å². The molecule has 0 spiro atoms. The van der Waals surface area contributed by atoms with Crippen molar-refractivity contribution in [3.8, 4) is 5.75 Å². The Balaban J connectivity index is 1.70. The second kappa shape index (κ2) is 7.72. The Labute approximate surface area is 152 Å². The van der Waals surface area contributed by atoms with E-state index in [1.165, 1.54) is 7.11 Å². The maximum absolute atomic E-state index is 12.8. The second-order valence-electron chi connectivity index (χ2n) is 6.04. The highest BCUT2D eigenvalue weighted by Gasteiger charge is 2.27. The van der Waals surface area contributed by atoms with Gasteiger partial charge in [0.1, 0.15) is 10.6 Å². The molecule has 0 radical (unpaired) electrons. The highest BCUT2D eigenvalue weighted by Crippen LogP contribution is 2.27. The number of rotatable bonds is 6. The van der Waals surface area contributed by atoms with Crippen LogP contribution in [-0.2, 0) is 16.4 Å². The highest BCUT2D eigenvalue weighted by atomic mass is 32.2. The third-order valence-electron chi connectivity index (χ3n) is 4.43. The third kappa shape index (κ3) is 4.13. The predicted octanol–water partition coefficient (Wildman–Crippen LogP) is 2.66. The fraction of sp³-hybridized carbons (Fsp3) is 0.471. The monoisotopic (exact) mass is 381 g/mol. The first-order valence-electron chi connectivity index (χ1n) is 8.37. The minimum Gasteiger partial charge on any atom is -0.495 e. The number of piperidine rings is 1. The van der Waals surface area contributed by atoms with E-state index >= 15 is 0 Å². The summed E-state index contributed by atoms with van der Waals surface area (Å²) in [4.78, 5) is 6.74. The maximum Gasteiger partial charge on any atom is 0.244 e. The van der Waals surface area contributed by atoms with Crippen LogP contribution in [0.3, 0.4) is 0 Å². The van der Waals surface area contributed by atoms with Crippen LogP contribution in [0.15, 0.2) is 34.7 Å². The molecule has 1 aromatic carbocycles. The van der Waals surface area contributed by atoms with E-state index in [2.05, 4.69) is 14.6 Å². The number of benzene rings is 1. The normalized spacial score (nSPS) is 16.2. The number of nitrogens with zero attached hydrogens (tertiary/aromatic N) is 2. The maximum atomic E-state index is 12.8. The summed E-state index contributed by atoms with van der Waals surface area (Å²) in [6.45, 7) is 3.60. The van der Waals surface area contributed by atoms with Gasteiger partial charge in [0.2, 0.25) is 10.0 Å². The largest absolute Gasteiger partial charge is 0.495 e. The summed E-state index contributed by atoms with van der Waals surface area (Å²) in [5.74, 6) is 0.380. The lowest BCUT2D eigenvalue weighted by molar-refractivity contribution is 0.400. The van der Waals surface area contributed by atoms with Crippen molar-refractivity contribution in [1.82, 2.24) is 9.71 Å². The Bertz CT molecular complexity index is 799. The fourth-order valence-electron chi connectivity index (χ4n) is 2.99. The molecule has 25 heavy (non-hydrogen) atoms. The summed E-state index contributed by atoms with van der Waals surface area (Å²) >= 11 is 1.61. The van der Waals surface area contributed by atoms with Crippen LogP contribution in [0.2, 0.25) is 0 Å². The van der Waals surface area contributed by atoms with Crippen LogP contribution in [0.4, 0.5) is 5.13 Å². The lowest BCUT2D eigenvalue weighted by Crippen LogP contribution is -2.44. The fourth-order valence-corrected chi connectivity index (χ4v) is 5.22. The van der Waals surface area contributed by atoms with Gasteiger partial charge < -0.3 is 9.64 Å². The van der Waals surface area contributed by atoms with Crippen LogP contribution in [0.5, 0.6) is 5.75 Å². The van der Waals surface area contributed by atoms with Gasteiger partial charge in [0.25, 0.3) is 0 Å². The molecule has 136 valence electrons. The first-order chi connectivity index (χ1) is 12.0. The van der Waals surface area contributed by atoms with Gasteiger partial charge in [-0.25, -0.2) is 18.1 Å². The van der Waals surface area contributed by atoms with Crippen LogP contribution in [0, 0.1) is 0 Å². The molecule has 6 nitrogen and oxygen atoms in total. The van der Waals surface area contributed by atoms with Crippen LogP contribution in [-0.4, -0.2) is 39.6 Å². The molecule has 2 heterocycles. The number of methoxy groups -OCH3 is 1. The molecule has 1 aliphatic heterocycles. The Kier molecular flexibility index (Phi) is 5.61. The zero-order chi connectivity index (χ0) is 17.9. The first kappa shape index (κ1) is 18.2. The number of ether oxygens (including phenoxy) is 1. The van der Waals surface area contributed by atoms with Crippen LogP contribution >= 0.6 is 11.3 Å². The number of hydrogen-bond donors (Lipinski definition) is 1. The SMILES string of the molecule is CCc1ccc(OC)c(S(=O)(=O)NC2CCN(c3nccs3)CC2)c1. The summed E-state index contributed by atoms with van der Waals surface area (Å²) in [5, 5.41) is 2.95. The van der Waals surface area contributed by atoms with E-state index < -0.39 is 10.0 Å². The van der Waals surface area contributed by atoms with Crippen molar-refractivity contribution < 1.29 is 13.2 Å². The van der Waals surface area contributed by atoms with Gasteiger partial charge in [-0.2, -0.15) is 0 Å². The van der Waals surface area contributed by atoms with E-state index in [1.807, 2.05) is 18.4 Å². The van der Waals surface area contributed by atoms with Crippen molar-refractivity contribution >= 4 is 26.5 Å². The molecule has 1 N–H and O–H groups in total. The van der Waals surface area contributed by atoms with Crippen molar-refractivity contribution in [2.75, 3.05) is 25.1 Å².